The number of hydrazone groups is 1. The number of amides is 1. The number of nitrogens with zero attached hydrogens (tertiary/aromatic N) is 1. The number of hydrogen-bond donors (Lipinski definition) is 1. The van der Waals surface area contributed by atoms with E-state index in [1.165, 1.54) is 24.3 Å². The summed E-state index contributed by atoms with van der Waals surface area (Å²) in [5, 5.41) is 6.10. The molecule has 0 aliphatic carbocycles. The lowest BCUT2D eigenvalue weighted by Crippen LogP contribution is -2.17. The number of fused-ring (bicyclic) bond motifs is 1. The number of ether oxygens (including phenoxy) is 1. The Balaban J connectivity index is 1.57. The fourth-order valence-corrected chi connectivity index (χ4v) is 3.36. The monoisotopic (exact) mass is 476 g/mol. The maximum absolute atomic E-state index is 13.1. The summed E-state index contributed by atoms with van der Waals surface area (Å²) >= 11 is 3.43. The molecule has 0 unspecified atom stereocenters. The smallest absolute Gasteiger partial charge is 0.271 e. The molecule has 4 aromatic rings. The molecular formula is C25H18BrFN2O2. The molecule has 0 aromatic heterocycles. The number of carbonyl (C=O) groups excluding carboxylic acids is 1. The molecule has 0 saturated heterocycles. The zero-order valence-corrected chi connectivity index (χ0v) is 18.0. The predicted octanol–water partition coefficient (Wildman–Crippen LogP) is 6.08. The van der Waals surface area contributed by atoms with E-state index in [2.05, 4.69) is 26.5 Å². The second-order valence-corrected chi connectivity index (χ2v) is 7.74. The SMILES string of the molecule is O=C(N/N=C\c1c(OCc2ccc(Br)cc2)ccc2ccccc12)c1ccc(F)cc1. The zero-order chi connectivity index (χ0) is 21.6. The Kier molecular flexibility index (Phi) is 6.38. The van der Waals surface area contributed by atoms with E-state index in [1.807, 2.05) is 60.7 Å². The van der Waals surface area contributed by atoms with Crippen molar-refractivity contribution in [3.63, 3.8) is 0 Å². The zero-order valence-electron chi connectivity index (χ0n) is 16.4. The van der Waals surface area contributed by atoms with E-state index in [0.29, 0.717) is 17.9 Å². The van der Waals surface area contributed by atoms with Crippen molar-refractivity contribution in [1.29, 1.82) is 0 Å². The average Bonchev–Trinajstić information content (AvgIpc) is 2.79. The van der Waals surface area contributed by atoms with Gasteiger partial charge in [0.25, 0.3) is 5.91 Å². The van der Waals surface area contributed by atoms with Crippen LogP contribution >= 0.6 is 15.9 Å². The summed E-state index contributed by atoms with van der Waals surface area (Å²) in [4.78, 5) is 12.3. The van der Waals surface area contributed by atoms with Gasteiger partial charge in [0.1, 0.15) is 18.2 Å². The molecule has 6 heteroatoms. The second-order valence-electron chi connectivity index (χ2n) is 6.82. The molecule has 0 aliphatic heterocycles. The van der Waals surface area contributed by atoms with Gasteiger partial charge in [-0.2, -0.15) is 5.10 Å². The third kappa shape index (κ3) is 5.16. The molecule has 0 fully saturated rings. The van der Waals surface area contributed by atoms with Gasteiger partial charge in [-0.15, -0.1) is 0 Å². The van der Waals surface area contributed by atoms with Crippen LogP contribution in [0.4, 0.5) is 4.39 Å². The lowest BCUT2D eigenvalue weighted by molar-refractivity contribution is 0.0955. The normalized spacial score (nSPS) is 11.0. The van der Waals surface area contributed by atoms with Crippen LogP contribution < -0.4 is 10.2 Å². The second kappa shape index (κ2) is 9.53. The maximum Gasteiger partial charge on any atom is 0.271 e. The van der Waals surface area contributed by atoms with E-state index in [9.17, 15) is 9.18 Å². The molecule has 0 spiro atoms. The van der Waals surface area contributed by atoms with Gasteiger partial charge in [0.05, 0.1) is 6.21 Å². The summed E-state index contributed by atoms with van der Waals surface area (Å²) in [6, 6.07) is 24.9. The Hall–Kier alpha value is -3.51. The van der Waals surface area contributed by atoms with Crippen molar-refractivity contribution in [2.45, 2.75) is 6.61 Å². The fourth-order valence-electron chi connectivity index (χ4n) is 3.10. The summed E-state index contributed by atoms with van der Waals surface area (Å²) in [5.74, 6) is -0.168. The van der Waals surface area contributed by atoms with Crippen LogP contribution in [0, 0.1) is 5.82 Å². The van der Waals surface area contributed by atoms with E-state index in [0.717, 1.165) is 26.4 Å². The molecule has 4 aromatic carbocycles. The molecule has 0 radical (unpaired) electrons. The molecule has 1 N–H and O–H groups in total. The van der Waals surface area contributed by atoms with E-state index >= 15 is 0 Å². The van der Waals surface area contributed by atoms with Gasteiger partial charge in [0, 0.05) is 15.6 Å². The van der Waals surface area contributed by atoms with Crippen LogP contribution in [0.5, 0.6) is 5.75 Å². The van der Waals surface area contributed by atoms with Gasteiger partial charge in [0.15, 0.2) is 0 Å². The minimum Gasteiger partial charge on any atom is -0.488 e. The Labute approximate surface area is 187 Å². The Morgan fingerprint density at radius 3 is 2.48 bits per heavy atom. The average molecular weight is 477 g/mol. The minimum absolute atomic E-state index is 0.322. The highest BCUT2D eigenvalue weighted by Crippen LogP contribution is 2.27. The topological polar surface area (TPSA) is 50.7 Å². The highest BCUT2D eigenvalue weighted by molar-refractivity contribution is 9.10. The van der Waals surface area contributed by atoms with Crippen LogP contribution in [0.1, 0.15) is 21.5 Å². The van der Waals surface area contributed by atoms with Crippen molar-refractivity contribution in [2.24, 2.45) is 5.10 Å². The van der Waals surface area contributed by atoms with Gasteiger partial charge in [-0.05, 0) is 58.8 Å². The standard InChI is InChI=1S/C25H18BrFN2O2/c26-20-10-5-17(6-11-20)16-31-24-14-9-18-3-1-2-4-22(18)23(24)15-28-29-25(30)19-7-12-21(27)13-8-19/h1-15H,16H2,(H,29,30)/b28-15-. The first kappa shape index (κ1) is 20.8. The number of halogens is 2. The Morgan fingerprint density at radius 2 is 1.71 bits per heavy atom. The van der Waals surface area contributed by atoms with Gasteiger partial charge in [-0.25, -0.2) is 9.82 Å². The highest BCUT2D eigenvalue weighted by Gasteiger charge is 2.09. The Morgan fingerprint density at radius 1 is 0.968 bits per heavy atom. The minimum atomic E-state index is -0.422. The van der Waals surface area contributed by atoms with Crippen molar-refractivity contribution in [1.82, 2.24) is 5.43 Å². The number of nitrogens with one attached hydrogen (secondary N) is 1. The third-order valence-electron chi connectivity index (χ3n) is 4.70. The first-order valence-corrected chi connectivity index (χ1v) is 10.4. The lowest BCUT2D eigenvalue weighted by Gasteiger charge is -2.12. The first-order chi connectivity index (χ1) is 15.1. The molecule has 4 rings (SSSR count). The van der Waals surface area contributed by atoms with E-state index in [-0.39, 0.29) is 0 Å². The van der Waals surface area contributed by atoms with Crippen LogP contribution in [0.2, 0.25) is 0 Å². The summed E-state index contributed by atoms with van der Waals surface area (Å²) < 4.78 is 20.1. The lowest BCUT2D eigenvalue weighted by atomic mass is 10.0. The van der Waals surface area contributed by atoms with Crippen molar-refractivity contribution in [2.75, 3.05) is 0 Å². The number of carbonyl (C=O) groups is 1. The van der Waals surface area contributed by atoms with Gasteiger partial charge >= 0.3 is 0 Å². The van der Waals surface area contributed by atoms with Gasteiger partial charge in [0.2, 0.25) is 0 Å². The fraction of sp³-hybridized carbons (Fsp3) is 0.0400. The molecule has 154 valence electrons. The molecule has 0 atom stereocenters. The summed E-state index contributed by atoms with van der Waals surface area (Å²) in [5.41, 5.74) is 4.60. The van der Waals surface area contributed by atoms with E-state index in [1.54, 1.807) is 6.21 Å². The molecule has 4 nitrogen and oxygen atoms in total. The van der Waals surface area contributed by atoms with Crippen molar-refractivity contribution < 1.29 is 13.9 Å². The van der Waals surface area contributed by atoms with Crippen molar-refractivity contribution in [3.8, 4) is 5.75 Å². The number of benzene rings is 4. The van der Waals surface area contributed by atoms with Crippen LogP contribution in [-0.4, -0.2) is 12.1 Å². The van der Waals surface area contributed by atoms with E-state index in [4.69, 9.17) is 4.74 Å². The van der Waals surface area contributed by atoms with Crippen LogP contribution in [0.25, 0.3) is 10.8 Å². The predicted molar refractivity (Wildman–Crippen MR) is 124 cm³/mol. The van der Waals surface area contributed by atoms with Crippen LogP contribution in [-0.2, 0) is 6.61 Å². The van der Waals surface area contributed by atoms with Gasteiger partial charge in [-0.3, -0.25) is 4.79 Å². The summed E-state index contributed by atoms with van der Waals surface area (Å²) in [6.45, 7) is 0.397. The molecule has 0 bridgehead atoms. The van der Waals surface area contributed by atoms with Gasteiger partial charge in [-0.1, -0.05) is 58.4 Å². The van der Waals surface area contributed by atoms with Gasteiger partial charge < -0.3 is 4.74 Å². The Bertz CT molecular complexity index is 1240. The molecule has 0 heterocycles. The molecule has 31 heavy (non-hydrogen) atoms. The number of rotatable bonds is 6. The van der Waals surface area contributed by atoms with Crippen molar-refractivity contribution >= 4 is 38.8 Å². The molecule has 1 amide bonds. The quantitative estimate of drug-likeness (QED) is 0.270. The summed E-state index contributed by atoms with van der Waals surface area (Å²) in [6.07, 6.45) is 1.57. The van der Waals surface area contributed by atoms with E-state index < -0.39 is 11.7 Å². The van der Waals surface area contributed by atoms with Crippen molar-refractivity contribution in [3.05, 3.63) is 112 Å². The molecule has 0 saturated carbocycles. The molecular weight excluding hydrogens is 459 g/mol. The maximum atomic E-state index is 13.1. The van der Waals surface area contributed by atoms with Crippen LogP contribution in [0.15, 0.2) is 94.5 Å². The third-order valence-corrected chi connectivity index (χ3v) is 5.23. The highest BCUT2D eigenvalue weighted by atomic mass is 79.9. The summed E-state index contributed by atoms with van der Waals surface area (Å²) in [7, 11) is 0. The van der Waals surface area contributed by atoms with Crippen LogP contribution in [0.3, 0.4) is 0 Å². The molecule has 0 aliphatic rings. The first-order valence-electron chi connectivity index (χ1n) is 9.58. The largest absolute Gasteiger partial charge is 0.488 e. The number of hydrogen-bond acceptors (Lipinski definition) is 3.